The minimum absolute atomic E-state index is 0.0211. The zero-order chi connectivity index (χ0) is 12.4. The number of carboxylic acids is 1. The van der Waals surface area contributed by atoms with Crippen molar-refractivity contribution in [2.75, 3.05) is 23.8 Å². The molecule has 1 saturated heterocycles. The Morgan fingerprint density at radius 3 is 3.06 bits per heavy atom. The number of nitrogens with zero attached hydrogens (tertiary/aromatic N) is 2. The van der Waals surface area contributed by atoms with E-state index in [-0.39, 0.29) is 23.9 Å². The second kappa shape index (κ2) is 4.58. The average Bonchev–Trinajstić information content (AvgIpc) is 2.77. The molecule has 0 bridgehead atoms. The molecule has 92 valence electrons. The van der Waals surface area contributed by atoms with Crippen molar-refractivity contribution >= 4 is 17.5 Å². The van der Waals surface area contributed by atoms with Crippen molar-refractivity contribution in [1.82, 2.24) is 4.98 Å². The van der Waals surface area contributed by atoms with Crippen LogP contribution in [0, 0.1) is 0 Å². The predicted octanol–water partition coefficient (Wildman–Crippen LogP) is 0.323. The maximum atomic E-state index is 11.0. The molecule has 2 heterocycles. The third kappa shape index (κ3) is 2.16. The number of hydrogen-bond donors (Lipinski definition) is 3. The smallest absolute Gasteiger partial charge is 0.337 e. The van der Waals surface area contributed by atoms with E-state index in [1.54, 1.807) is 0 Å². The van der Waals surface area contributed by atoms with E-state index in [1.165, 1.54) is 12.3 Å². The number of carbonyl (C=O) groups is 1. The maximum absolute atomic E-state index is 11.0. The van der Waals surface area contributed by atoms with E-state index in [0.29, 0.717) is 5.82 Å². The summed E-state index contributed by atoms with van der Waals surface area (Å²) < 4.78 is 0. The van der Waals surface area contributed by atoms with Gasteiger partial charge in [0.25, 0.3) is 0 Å². The zero-order valence-corrected chi connectivity index (χ0v) is 9.33. The van der Waals surface area contributed by atoms with Gasteiger partial charge in [0.05, 0.1) is 30.1 Å². The molecular formula is C11H15N3O3. The first-order chi connectivity index (χ1) is 8.13. The number of aliphatic hydroxyl groups is 1. The van der Waals surface area contributed by atoms with Crippen LogP contribution in [0.15, 0.2) is 12.3 Å². The van der Waals surface area contributed by atoms with E-state index >= 15 is 0 Å². The standard InChI is InChI=1S/C11H15N3O3/c12-9-5-13-10(4-8(9)11(16)17)14-3-1-2-7(14)6-15/h4-5,7,15H,1-3,6,12H2,(H,16,17). The second-order valence-electron chi connectivity index (χ2n) is 4.11. The van der Waals surface area contributed by atoms with Gasteiger partial charge in [-0.2, -0.15) is 0 Å². The molecule has 0 spiro atoms. The number of rotatable bonds is 3. The summed E-state index contributed by atoms with van der Waals surface area (Å²) in [5.74, 6) is -0.501. The lowest BCUT2D eigenvalue weighted by atomic mass is 10.2. The van der Waals surface area contributed by atoms with Crippen molar-refractivity contribution < 1.29 is 15.0 Å². The van der Waals surface area contributed by atoms with Gasteiger partial charge in [-0.3, -0.25) is 0 Å². The average molecular weight is 237 g/mol. The van der Waals surface area contributed by atoms with Crippen molar-refractivity contribution in [3.05, 3.63) is 17.8 Å². The van der Waals surface area contributed by atoms with Crippen LogP contribution >= 0.6 is 0 Å². The molecule has 1 aliphatic heterocycles. The van der Waals surface area contributed by atoms with Gasteiger partial charge < -0.3 is 20.8 Å². The van der Waals surface area contributed by atoms with Gasteiger partial charge in [0.2, 0.25) is 0 Å². The highest BCUT2D eigenvalue weighted by Gasteiger charge is 2.25. The molecule has 0 amide bonds. The van der Waals surface area contributed by atoms with Crippen LogP contribution in [0.5, 0.6) is 0 Å². The van der Waals surface area contributed by atoms with Crippen LogP contribution in [-0.4, -0.2) is 40.4 Å². The molecule has 1 aliphatic rings. The molecule has 1 unspecified atom stereocenters. The van der Waals surface area contributed by atoms with Gasteiger partial charge in [-0.15, -0.1) is 0 Å². The van der Waals surface area contributed by atoms with Crippen LogP contribution in [-0.2, 0) is 0 Å². The van der Waals surface area contributed by atoms with Crippen molar-refractivity contribution in [2.45, 2.75) is 18.9 Å². The summed E-state index contributed by atoms with van der Waals surface area (Å²) in [6.07, 6.45) is 3.22. The Kier molecular flexibility index (Phi) is 3.14. The van der Waals surface area contributed by atoms with Crippen molar-refractivity contribution in [3.8, 4) is 0 Å². The Balaban J connectivity index is 2.33. The third-order valence-corrected chi connectivity index (χ3v) is 3.03. The molecular weight excluding hydrogens is 222 g/mol. The number of aliphatic hydroxyl groups excluding tert-OH is 1. The topological polar surface area (TPSA) is 99.7 Å². The zero-order valence-electron chi connectivity index (χ0n) is 9.33. The summed E-state index contributed by atoms with van der Waals surface area (Å²) in [6.45, 7) is 0.829. The summed E-state index contributed by atoms with van der Waals surface area (Å²) in [7, 11) is 0. The van der Waals surface area contributed by atoms with E-state index in [1.807, 2.05) is 4.90 Å². The largest absolute Gasteiger partial charge is 0.478 e. The summed E-state index contributed by atoms with van der Waals surface area (Å²) in [5, 5.41) is 18.2. The second-order valence-corrected chi connectivity index (χ2v) is 4.11. The monoisotopic (exact) mass is 237 g/mol. The normalized spacial score (nSPS) is 19.6. The van der Waals surface area contributed by atoms with Crippen molar-refractivity contribution in [1.29, 1.82) is 0 Å². The fourth-order valence-corrected chi connectivity index (χ4v) is 2.12. The van der Waals surface area contributed by atoms with Gasteiger partial charge in [-0.25, -0.2) is 9.78 Å². The van der Waals surface area contributed by atoms with Crippen LogP contribution in [0.1, 0.15) is 23.2 Å². The Hall–Kier alpha value is -1.82. The lowest BCUT2D eigenvalue weighted by molar-refractivity contribution is 0.0698. The number of carboxylic acid groups (broad SMARTS) is 1. The highest BCUT2D eigenvalue weighted by molar-refractivity contribution is 5.94. The molecule has 0 radical (unpaired) electrons. The first-order valence-corrected chi connectivity index (χ1v) is 5.49. The Morgan fingerprint density at radius 1 is 1.65 bits per heavy atom. The fraction of sp³-hybridized carbons (Fsp3) is 0.455. The summed E-state index contributed by atoms with van der Waals surface area (Å²) in [4.78, 5) is 17.0. The van der Waals surface area contributed by atoms with E-state index < -0.39 is 5.97 Å². The minimum Gasteiger partial charge on any atom is -0.478 e. The molecule has 17 heavy (non-hydrogen) atoms. The van der Waals surface area contributed by atoms with Crippen LogP contribution in [0.2, 0.25) is 0 Å². The molecule has 1 atom stereocenters. The molecule has 0 aliphatic carbocycles. The van der Waals surface area contributed by atoms with Gasteiger partial charge in [0.15, 0.2) is 0 Å². The summed E-state index contributed by atoms with van der Waals surface area (Å²) in [5.41, 5.74) is 5.75. The quantitative estimate of drug-likeness (QED) is 0.700. The lowest BCUT2D eigenvalue weighted by Crippen LogP contribution is -2.32. The highest BCUT2D eigenvalue weighted by Crippen LogP contribution is 2.25. The van der Waals surface area contributed by atoms with Crippen LogP contribution in [0.3, 0.4) is 0 Å². The first-order valence-electron chi connectivity index (χ1n) is 5.49. The van der Waals surface area contributed by atoms with Crippen molar-refractivity contribution in [2.24, 2.45) is 0 Å². The Labute approximate surface area is 98.7 Å². The first kappa shape index (κ1) is 11.7. The molecule has 0 saturated carbocycles. The minimum atomic E-state index is -1.06. The summed E-state index contributed by atoms with van der Waals surface area (Å²) in [6, 6.07) is 1.49. The number of hydrogen-bond acceptors (Lipinski definition) is 5. The molecule has 1 aromatic heterocycles. The van der Waals surface area contributed by atoms with Gasteiger partial charge in [0.1, 0.15) is 5.82 Å². The number of anilines is 2. The van der Waals surface area contributed by atoms with Crippen molar-refractivity contribution in [3.63, 3.8) is 0 Å². The lowest BCUT2D eigenvalue weighted by Gasteiger charge is -2.24. The molecule has 6 heteroatoms. The molecule has 1 aromatic rings. The number of aromatic carboxylic acids is 1. The van der Waals surface area contributed by atoms with Gasteiger partial charge in [-0.1, -0.05) is 0 Å². The molecule has 6 nitrogen and oxygen atoms in total. The molecule has 1 fully saturated rings. The van der Waals surface area contributed by atoms with E-state index in [2.05, 4.69) is 4.98 Å². The Bertz CT molecular complexity index is 436. The third-order valence-electron chi connectivity index (χ3n) is 3.03. The van der Waals surface area contributed by atoms with Gasteiger partial charge in [-0.05, 0) is 18.9 Å². The maximum Gasteiger partial charge on any atom is 0.337 e. The number of pyridine rings is 1. The summed E-state index contributed by atoms with van der Waals surface area (Å²) >= 11 is 0. The fourth-order valence-electron chi connectivity index (χ4n) is 2.12. The molecule has 0 aromatic carbocycles. The SMILES string of the molecule is Nc1cnc(N2CCCC2CO)cc1C(=O)O. The van der Waals surface area contributed by atoms with E-state index in [4.69, 9.17) is 10.8 Å². The molecule has 4 N–H and O–H groups in total. The van der Waals surface area contributed by atoms with Crippen LogP contribution < -0.4 is 10.6 Å². The molecule has 2 rings (SSSR count). The number of nitrogens with two attached hydrogens (primary N) is 1. The van der Waals surface area contributed by atoms with Gasteiger partial charge >= 0.3 is 5.97 Å². The number of aromatic nitrogens is 1. The Morgan fingerprint density at radius 2 is 2.41 bits per heavy atom. The highest BCUT2D eigenvalue weighted by atomic mass is 16.4. The number of nitrogen functional groups attached to an aromatic ring is 1. The van der Waals surface area contributed by atoms with E-state index in [9.17, 15) is 9.90 Å². The van der Waals surface area contributed by atoms with Crippen LogP contribution in [0.25, 0.3) is 0 Å². The predicted molar refractivity (Wildman–Crippen MR) is 63.1 cm³/mol. The van der Waals surface area contributed by atoms with E-state index in [0.717, 1.165) is 19.4 Å². The van der Waals surface area contributed by atoms with Crippen LogP contribution in [0.4, 0.5) is 11.5 Å². The van der Waals surface area contributed by atoms with Gasteiger partial charge in [0, 0.05) is 6.54 Å².